The molecule has 0 spiro atoms. The Bertz CT molecular complexity index is 512. The van der Waals surface area contributed by atoms with E-state index in [9.17, 15) is 14.9 Å². The van der Waals surface area contributed by atoms with Gasteiger partial charge in [-0.3, -0.25) is 10.1 Å². The summed E-state index contributed by atoms with van der Waals surface area (Å²) >= 11 is 0.956. The molecular weight excluding hydrogens is 266 g/mol. The standard InChI is InChI=1S/C13H15NO4S/c15-13(11-5-12(14(16)17)19-7-11)18-6-10-4-8-1-2-9(10)3-8/h5,7-10H,1-4,6H2/t8-,9-,10-/m0/s1. The quantitative estimate of drug-likeness (QED) is 0.482. The molecule has 0 radical (unpaired) electrons. The monoisotopic (exact) mass is 281 g/mol. The number of ether oxygens (including phenoxy) is 1. The van der Waals surface area contributed by atoms with Gasteiger partial charge in [-0.05, 0) is 37.0 Å². The lowest BCUT2D eigenvalue weighted by Crippen LogP contribution is -2.19. The lowest BCUT2D eigenvalue weighted by Gasteiger charge is -2.20. The van der Waals surface area contributed by atoms with E-state index in [0.717, 1.165) is 23.2 Å². The first-order valence-corrected chi connectivity index (χ1v) is 7.41. The van der Waals surface area contributed by atoms with E-state index >= 15 is 0 Å². The van der Waals surface area contributed by atoms with E-state index in [4.69, 9.17) is 4.74 Å². The summed E-state index contributed by atoms with van der Waals surface area (Å²) in [6, 6.07) is 1.29. The molecule has 0 aliphatic heterocycles. The van der Waals surface area contributed by atoms with Crippen molar-refractivity contribution in [3.8, 4) is 0 Å². The zero-order chi connectivity index (χ0) is 13.4. The Morgan fingerprint density at radius 1 is 1.47 bits per heavy atom. The van der Waals surface area contributed by atoms with E-state index in [0.29, 0.717) is 18.1 Å². The molecule has 3 rings (SSSR count). The average Bonchev–Trinajstić information content (AvgIpc) is 3.10. The summed E-state index contributed by atoms with van der Waals surface area (Å²) in [6.45, 7) is 0.462. The Balaban J connectivity index is 1.54. The van der Waals surface area contributed by atoms with Crippen LogP contribution in [0.3, 0.4) is 0 Å². The smallest absolute Gasteiger partial charge is 0.339 e. The number of nitrogens with zero attached hydrogens (tertiary/aromatic N) is 1. The fraction of sp³-hybridized carbons (Fsp3) is 0.615. The second kappa shape index (κ2) is 4.92. The van der Waals surface area contributed by atoms with Gasteiger partial charge in [0, 0.05) is 11.4 Å². The van der Waals surface area contributed by atoms with E-state index in [1.165, 1.54) is 37.1 Å². The van der Waals surface area contributed by atoms with Gasteiger partial charge in [0.15, 0.2) is 0 Å². The molecule has 2 saturated carbocycles. The largest absolute Gasteiger partial charge is 0.462 e. The van der Waals surface area contributed by atoms with E-state index < -0.39 is 10.9 Å². The van der Waals surface area contributed by atoms with Gasteiger partial charge in [0.1, 0.15) is 0 Å². The molecular formula is C13H15NO4S. The average molecular weight is 281 g/mol. The fourth-order valence-corrected chi connectivity index (χ4v) is 4.07. The molecule has 0 amide bonds. The van der Waals surface area contributed by atoms with Crippen molar-refractivity contribution in [3.63, 3.8) is 0 Å². The summed E-state index contributed by atoms with van der Waals surface area (Å²) in [5, 5.41) is 12.0. The van der Waals surface area contributed by atoms with Crippen LogP contribution in [-0.2, 0) is 4.74 Å². The number of hydrogen-bond donors (Lipinski definition) is 0. The first kappa shape index (κ1) is 12.6. The van der Waals surface area contributed by atoms with E-state index in [1.54, 1.807) is 0 Å². The highest BCUT2D eigenvalue weighted by Crippen LogP contribution is 2.48. The highest BCUT2D eigenvalue weighted by atomic mass is 32.1. The van der Waals surface area contributed by atoms with E-state index in [2.05, 4.69) is 0 Å². The second-order valence-electron chi connectivity index (χ2n) is 5.46. The molecule has 19 heavy (non-hydrogen) atoms. The predicted octanol–water partition coefficient (Wildman–Crippen LogP) is 3.25. The minimum atomic E-state index is -0.489. The molecule has 0 aromatic carbocycles. The van der Waals surface area contributed by atoms with Gasteiger partial charge >= 0.3 is 11.0 Å². The first-order valence-electron chi connectivity index (χ1n) is 6.53. The van der Waals surface area contributed by atoms with Crippen LogP contribution in [0.15, 0.2) is 11.4 Å². The summed E-state index contributed by atoms with van der Waals surface area (Å²) in [5.41, 5.74) is 0.292. The maximum Gasteiger partial charge on any atom is 0.339 e. The van der Waals surface area contributed by atoms with Crippen molar-refractivity contribution in [1.29, 1.82) is 0 Å². The van der Waals surface area contributed by atoms with Gasteiger partial charge in [0.05, 0.1) is 17.1 Å². The third kappa shape index (κ3) is 2.49. The van der Waals surface area contributed by atoms with Gasteiger partial charge in [-0.2, -0.15) is 0 Å². The van der Waals surface area contributed by atoms with E-state index in [1.807, 2.05) is 0 Å². The van der Waals surface area contributed by atoms with Crippen molar-refractivity contribution >= 4 is 22.3 Å². The fourth-order valence-electron chi connectivity index (χ4n) is 3.37. The summed E-state index contributed by atoms with van der Waals surface area (Å²) < 4.78 is 5.30. The molecule has 1 aromatic heterocycles. The number of hydrogen-bond acceptors (Lipinski definition) is 5. The molecule has 1 heterocycles. The minimum absolute atomic E-state index is 0.0214. The van der Waals surface area contributed by atoms with Crippen molar-refractivity contribution in [3.05, 3.63) is 27.1 Å². The Morgan fingerprint density at radius 3 is 2.89 bits per heavy atom. The van der Waals surface area contributed by atoms with Crippen molar-refractivity contribution < 1.29 is 14.5 Å². The molecule has 1 aromatic rings. The van der Waals surface area contributed by atoms with Crippen LogP contribution < -0.4 is 0 Å². The number of esters is 1. The van der Waals surface area contributed by atoms with Crippen molar-refractivity contribution in [2.24, 2.45) is 17.8 Å². The molecule has 0 saturated heterocycles. The highest BCUT2D eigenvalue weighted by Gasteiger charge is 2.39. The zero-order valence-corrected chi connectivity index (χ0v) is 11.2. The third-order valence-corrected chi connectivity index (χ3v) is 5.19. The Labute approximate surface area is 114 Å². The van der Waals surface area contributed by atoms with Gasteiger partial charge in [0.25, 0.3) is 0 Å². The Kier molecular flexibility index (Phi) is 3.26. The number of carbonyl (C=O) groups is 1. The summed E-state index contributed by atoms with van der Waals surface area (Å²) in [7, 11) is 0. The molecule has 0 N–H and O–H groups in total. The van der Waals surface area contributed by atoms with Crippen LogP contribution in [0.2, 0.25) is 0 Å². The lowest BCUT2D eigenvalue weighted by molar-refractivity contribution is -0.380. The first-order chi connectivity index (χ1) is 9.13. The molecule has 6 heteroatoms. The highest BCUT2D eigenvalue weighted by molar-refractivity contribution is 7.13. The van der Waals surface area contributed by atoms with Crippen molar-refractivity contribution in [2.45, 2.75) is 25.7 Å². The number of carbonyl (C=O) groups excluding carboxylic acids is 1. The number of nitro groups is 1. The number of fused-ring (bicyclic) bond motifs is 2. The third-order valence-electron chi connectivity index (χ3n) is 4.31. The molecule has 0 unspecified atom stereocenters. The van der Waals surface area contributed by atoms with E-state index in [-0.39, 0.29) is 5.00 Å². The molecule has 2 bridgehead atoms. The number of thiophene rings is 1. The van der Waals surface area contributed by atoms with Gasteiger partial charge in [-0.15, -0.1) is 0 Å². The van der Waals surface area contributed by atoms with Crippen LogP contribution in [0.5, 0.6) is 0 Å². The molecule has 2 aliphatic carbocycles. The Hall–Kier alpha value is -1.43. The van der Waals surface area contributed by atoms with Gasteiger partial charge in [-0.1, -0.05) is 17.8 Å². The van der Waals surface area contributed by atoms with Crippen LogP contribution in [0, 0.1) is 27.9 Å². The second-order valence-corrected chi connectivity index (χ2v) is 6.35. The Morgan fingerprint density at radius 2 is 2.32 bits per heavy atom. The van der Waals surface area contributed by atoms with Crippen LogP contribution in [-0.4, -0.2) is 17.5 Å². The molecule has 102 valence electrons. The molecule has 3 atom stereocenters. The molecule has 2 fully saturated rings. The van der Waals surface area contributed by atoms with Crippen molar-refractivity contribution in [2.75, 3.05) is 6.61 Å². The van der Waals surface area contributed by atoms with Crippen LogP contribution in [0.4, 0.5) is 5.00 Å². The van der Waals surface area contributed by atoms with Crippen LogP contribution >= 0.6 is 11.3 Å². The number of rotatable bonds is 4. The molecule has 2 aliphatic rings. The molecule has 5 nitrogen and oxygen atoms in total. The maximum absolute atomic E-state index is 11.8. The minimum Gasteiger partial charge on any atom is -0.462 e. The SMILES string of the molecule is O=C(OC[C@@H]1C[C@H]2CC[C@H]1C2)c1csc([N+](=O)[O-])c1. The van der Waals surface area contributed by atoms with Crippen molar-refractivity contribution in [1.82, 2.24) is 0 Å². The van der Waals surface area contributed by atoms with Crippen LogP contribution in [0.25, 0.3) is 0 Å². The van der Waals surface area contributed by atoms with Gasteiger partial charge in [-0.25, -0.2) is 4.79 Å². The normalized spacial score (nSPS) is 28.5. The topological polar surface area (TPSA) is 69.4 Å². The van der Waals surface area contributed by atoms with Crippen LogP contribution in [0.1, 0.15) is 36.0 Å². The maximum atomic E-state index is 11.8. The predicted molar refractivity (Wildman–Crippen MR) is 70.2 cm³/mol. The summed E-state index contributed by atoms with van der Waals surface area (Å²) in [6.07, 6.45) is 5.04. The summed E-state index contributed by atoms with van der Waals surface area (Å²) in [5.74, 6) is 1.61. The van der Waals surface area contributed by atoms with Gasteiger partial charge < -0.3 is 4.74 Å². The lowest BCUT2D eigenvalue weighted by atomic mass is 9.89. The zero-order valence-electron chi connectivity index (χ0n) is 10.4. The summed E-state index contributed by atoms with van der Waals surface area (Å²) in [4.78, 5) is 21.9. The van der Waals surface area contributed by atoms with Gasteiger partial charge in [0.2, 0.25) is 0 Å².